The Morgan fingerprint density at radius 2 is 1.61 bits per heavy atom. The third-order valence-electron chi connectivity index (χ3n) is 4.65. The van der Waals surface area contributed by atoms with Gasteiger partial charge in [-0.2, -0.15) is 8.42 Å². The highest BCUT2D eigenvalue weighted by atomic mass is 32.2. The molecule has 7 heteroatoms. The monoisotopic (exact) mass is 400 g/mol. The predicted octanol–water partition coefficient (Wildman–Crippen LogP) is 4.41. The fourth-order valence-electron chi connectivity index (χ4n) is 3.09. The number of hydrogen-bond acceptors (Lipinski definition) is 5. The first-order valence-corrected chi connectivity index (χ1v) is 10.4. The molecule has 0 amide bonds. The van der Waals surface area contributed by atoms with E-state index in [0.29, 0.717) is 40.1 Å². The fraction of sp³-hybridized carbons (Fsp3) is 0.286. The van der Waals surface area contributed by atoms with Crippen LogP contribution >= 0.6 is 0 Å². The number of amidine groups is 1. The van der Waals surface area contributed by atoms with E-state index in [0.717, 1.165) is 5.56 Å². The van der Waals surface area contributed by atoms with Gasteiger partial charge in [-0.05, 0) is 36.1 Å². The summed E-state index contributed by atoms with van der Waals surface area (Å²) in [5.74, 6) is 1.81. The highest BCUT2D eigenvalue weighted by Crippen LogP contribution is 2.35. The maximum absolute atomic E-state index is 12.7. The van der Waals surface area contributed by atoms with Crippen LogP contribution < -0.4 is 14.8 Å². The van der Waals surface area contributed by atoms with E-state index in [-0.39, 0.29) is 4.91 Å². The van der Waals surface area contributed by atoms with Crippen molar-refractivity contribution in [3.63, 3.8) is 0 Å². The summed E-state index contributed by atoms with van der Waals surface area (Å²) in [6, 6.07) is 12.8. The van der Waals surface area contributed by atoms with Crippen LogP contribution in [-0.4, -0.2) is 28.5 Å². The predicted molar refractivity (Wildman–Crippen MR) is 113 cm³/mol. The van der Waals surface area contributed by atoms with Crippen LogP contribution in [0.4, 0.5) is 5.69 Å². The summed E-state index contributed by atoms with van der Waals surface area (Å²) >= 11 is 0. The summed E-state index contributed by atoms with van der Waals surface area (Å²) < 4.78 is 39.8. The van der Waals surface area contributed by atoms with Crippen molar-refractivity contribution in [2.75, 3.05) is 19.5 Å². The molecule has 0 fully saturated rings. The molecule has 28 heavy (non-hydrogen) atoms. The third-order valence-corrected chi connectivity index (χ3v) is 6.13. The molecule has 1 aliphatic heterocycles. The molecule has 0 aromatic heterocycles. The molecule has 2 aromatic carbocycles. The van der Waals surface area contributed by atoms with E-state index in [1.165, 1.54) is 0 Å². The first kappa shape index (κ1) is 19.9. The Kier molecular flexibility index (Phi) is 5.47. The van der Waals surface area contributed by atoms with Crippen LogP contribution in [0.3, 0.4) is 0 Å². The number of anilines is 1. The van der Waals surface area contributed by atoms with Crippen molar-refractivity contribution in [2.24, 2.45) is 4.40 Å². The summed E-state index contributed by atoms with van der Waals surface area (Å²) in [7, 11) is -0.668. The van der Waals surface area contributed by atoms with Gasteiger partial charge in [0.1, 0.15) is 10.7 Å². The van der Waals surface area contributed by atoms with Crippen molar-refractivity contribution in [2.45, 2.75) is 26.7 Å². The quantitative estimate of drug-likeness (QED) is 0.804. The van der Waals surface area contributed by atoms with E-state index >= 15 is 0 Å². The number of nitrogens with one attached hydrogen (secondary N) is 1. The summed E-state index contributed by atoms with van der Waals surface area (Å²) in [4.78, 5) is 0.228. The number of hydrogen-bond donors (Lipinski definition) is 1. The number of sulfonamides is 1. The summed E-state index contributed by atoms with van der Waals surface area (Å²) in [5.41, 5.74) is 3.02. The highest BCUT2D eigenvalue weighted by molar-refractivity contribution is 8.00. The van der Waals surface area contributed by atoms with Crippen molar-refractivity contribution in [3.8, 4) is 11.5 Å². The molecule has 2 aromatic rings. The lowest BCUT2D eigenvalue weighted by molar-refractivity contribution is 0.355. The van der Waals surface area contributed by atoms with Gasteiger partial charge in [0.25, 0.3) is 10.0 Å². The molecule has 1 N–H and O–H groups in total. The third kappa shape index (κ3) is 3.75. The van der Waals surface area contributed by atoms with Crippen LogP contribution in [0.1, 0.15) is 37.8 Å². The van der Waals surface area contributed by atoms with Gasteiger partial charge in [-0.15, -0.1) is 4.40 Å². The molecule has 0 spiro atoms. The van der Waals surface area contributed by atoms with Crippen molar-refractivity contribution in [1.82, 2.24) is 0 Å². The maximum atomic E-state index is 12.7. The normalized spacial score (nSPS) is 15.6. The molecule has 0 saturated carbocycles. The minimum absolute atomic E-state index is 0.228. The van der Waals surface area contributed by atoms with E-state index < -0.39 is 10.0 Å². The number of rotatable bonds is 5. The zero-order chi connectivity index (χ0) is 20.5. The van der Waals surface area contributed by atoms with Gasteiger partial charge in [0.05, 0.1) is 14.2 Å². The van der Waals surface area contributed by atoms with Crippen LogP contribution in [0.5, 0.6) is 11.5 Å². The van der Waals surface area contributed by atoms with Crippen LogP contribution in [-0.2, 0) is 10.0 Å². The molecule has 0 bridgehead atoms. The van der Waals surface area contributed by atoms with Gasteiger partial charge in [-0.25, -0.2) is 0 Å². The van der Waals surface area contributed by atoms with Crippen LogP contribution in [0.25, 0.3) is 4.91 Å². The largest absolute Gasteiger partial charge is 0.493 e. The lowest BCUT2D eigenvalue weighted by atomic mass is 10.0. The van der Waals surface area contributed by atoms with Crippen LogP contribution in [0.15, 0.2) is 52.4 Å². The van der Waals surface area contributed by atoms with Crippen LogP contribution in [0, 0.1) is 0 Å². The Balaban J connectivity index is 1.95. The number of methoxy groups -OCH3 is 2. The van der Waals surface area contributed by atoms with Gasteiger partial charge in [0, 0.05) is 17.3 Å². The molecular weight excluding hydrogens is 376 g/mol. The van der Waals surface area contributed by atoms with Gasteiger partial charge >= 0.3 is 0 Å². The zero-order valence-electron chi connectivity index (χ0n) is 16.6. The summed E-state index contributed by atoms with van der Waals surface area (Å²) in [6.45, 7) is 5.95. The molecule has 1 heterocycles. The first-order chi connectivity index (χ1) is 13.3. The summed E-state index contributed by atoms with van der Waals surface area (Å²) in [6.07, 6.45) is 0. The lowest BCUT2D eigenvalue weighted by Crippen LogP contribution is -2.11. The van der Waals surface area contributed by atoms with E-state index in [1.807, 2.05) is 24.3 Å². The minimum atomic E-state index is -3.77. The Morgan fingerprint density at radius 3 is 2.18 bits per heavy atom. The Morgan fingerprint density at radius 1 is 0.964 bits per heavy atom. The second kappa shape index (κ2) is 7.67. The van der Waals surface area contributed by atoms with Crippen LogP contribution in [0.2, 0.25) is 0 Å². The standard InChI is InChI=1S/C21H24N2O4S/c1-13(2)15-6-8-16(9-7-15)20-14(3)21(23-28(20,24)25)22-17-10-11-18(26-4)19(12-17)27-5/h6-13H,1-5H3,(H,22,23). The first-order valence-electron chi connectivity index (χ1n) is 8.92. The van der Waals surface area contributed by atoms with E-state index in [1.54, 1.807) is 39.3 Å². The maximum Gasteiger partial charge on any atom is 0.285 e. The average molecular weight is 401 g/mol. The van der Waals surface area contributed by atoms with Gasteiger partial charge in [-0.3, -0.25) is 0 Å². The van der Waals surface area contributed by atoms with E-state index in [9.17, 15) is 8.42 Å². The molecule has 0 aliphatic carbocycles. The molecule has 148 valence electrons. The van der Waals surface area contributed by atoms with E-state index in [2.05, 4.69) is 23.6 Å². The topological polar surface area (TPSA) is 77.0 Å². The van der Waals surface area contributed by atoms with Gasteiger partial charge in [0.2, 0.25) is 0 Å². The molecule has 0 saturated heterocycles. The Labute approximate surface area is 166 Å². The molecule has 1 aliphatic rings. The van der Waals surface area contributed by atoms with Crippen molar-refractivity contribution in [1.29, 1.82) is 0 Å². The van der Waals surface area contributed by atoms with Gasteiger partial charge in [0.15, 0.2) is 11.5 Å². The molecular formula is C21H24N2O4S. The molecule has 6 nitrogen and oxygen atoms in total. The number of nitrogens with zero attached hydrogens (tertiary/aromatic N) is 1. The van der Waals surface area contributed by atoms with Crippen molar-refractivity contribution >= 4 is 26.5 Å². The second-order valence-corrected chi connectivity index (χ2v) is 8.38. The molecule has 0 atom stereocenters. The second-order valence-electron chi connectivity index (χ2n) is 6.84. The molecule has 0 radical (unpaired) electrons. The number of ether oxygens (including phenoxy) is 2. The van der Waals surface area contributed by atoms with Gasteiger partial charge < -0.3 is 14.8 Å². The SMILES string of the molecule is COc1ccc(NC2=NS(=O)(=O)C(c3ccc(C(C)C)cc3)=C2C)cc1OC. The number of benzene rings is 2. The van der Waals surface area contributed by atoms with E-state index in [4.69, 9.17) is 9.47 Å². The Bertz CT molecular complexity index is 1050. The molecule has 0 unspecified atom stereocenters. The summed E-state index contributed by atoms with van der Waals surface area (Å²) in [5, 5.41) is 3.08. The van der Waals surface area contributed by atoms with Crippen molar-refractivity contribution in [3.05, 3.63) is 59.2 Å². The average Bonchev–Trinajstić information content (AvgIpc) is 2.89. The highest BCUT2D eigenvalue weighted by Gasteiger charge is 2.31. The smallest absolute Gasteiger partial charge is 0.285 e. The molecule has 3 rings (SSSR count). The minimum Gasteiger partial charge on any atom is -0.493 e. The van der Waals surface area contributed by atoms with Crippen molar-refractivity contribution < 1.29 is 17.9 Å². The zero-order valence-corrected chi connectivity index (χ0v) is 17.4. The lowest BCUT2D eigenvalue weighted by Gasteiger charge is -2.11. The Hall–Kier alpha value is -2.80. The van der Waals surface area contributed by atoms with Gasteiger partial charge in [-0.1, -0.05) is 38.1 Å². The fourth-order valence-corrected chi connectivity index (χ4v) is 4.52.